The second-order valence-corrected chi connectivity index (χ2v) is 11.5. The van der Waals surface area contributed by atoms with E-state index < -0.39 is 23.9 Å². The maximum atomic E-state index is 12.4. The minimum atomic E-state index is -4.52. The van der Waals surface area contributed by atoms with Gasteiger partial charge in [0.25, 0.3) is 10.0 Å². The predicted octanol–water partition coefficient (Wildman–Crippen LogP) is 2.30. The number of halogens is 1. The normalized spacial score (nSPS) is 12.2. The minimum Gasteiger partial charge on any atom is -0.488 e. The van der Waals surface area contributed by atoms with Crippen LogP contribution >= 0.6 is 30.5 Å². The average Bonchev–Trinajstić information content (AvgIpc) is 3.15. The second kappa shape index (κ2) is 10.3. The number of rotatable bonds is 11. The summed E-state index contributed by atoms with van der Waals surface area (Å²) in [5, 5.41) is 0.599. The van der Waals surface area contributed by atoms with Gasteiger partial charge in [0.05, 0.1) is 5.88 Å². The fraction of sp³-hybridized carbons (Fsp3) is 0.278. The van der Waals surface area contributed by atoms with Crippen LogP contribution in [0.25, 0.3) is 10.1 Å². The van der Waals surface area contributed by atoms with E-state index in [0.717, 1.165) is 11.3 Å². The Kier molecular flexibility index (Phi) is 7.92. The molecule has 0 saturated heterocycles. The molecule has 0 fully saturated rings. The molecule has 0 saturated carbocycles. The number of aromatic nitrogens is 1. The molecule has 0 atom stereocenters. The topological polar surface area (TPSA) is 126 Å². The van der Waals surface area contributed by atoms with Gasteiger partial charge in [0.15, 0.2) is 30.4 Å². The van der Waals surface area contributed by atoms with Gasteiger partial charge >= 0.3 is 7.60 Å². The Bertz CT molecular complexity index is 1180. The Labute approximate surface area is 188 Å². The maximum absolute atomic E-state index is 12.4. The second-order valence-electron chi connectivity index (χ2n) is 6.37. The lowest BCUT2D eigenvalue weighted by Gasteiger charge is -2.11. The van der Waals surface area contributed by atoms with Gasteiger partial charge in [-0.2, -0.15) is 4.72 Å². The fourth-order valence-electron chi connectivity index (χ4n) is 2.61. The molecule has 9 nitrogen and oxygen atoms in total. The predicted molar refractivity (Wildman–Crippen MR) is 117 cm³/mol. The van der Waals surface area contributed by atoms with Gasteiger partial charge in [0.2, 0.25) is 0 Å². The van der Waals surface area contributed by atoms with Crippen LogP contribution in [0.3, 0.4) is 0 Å². The number of hydrogen-bond acceptors (Lipinski definition) is 6. The van der Waals surface area contributed by atoms with Crippen molar-refractivity contribution < 1.29 is 36.8 Å². The van der Waals surface area contributed by atoms with Gasteiger partial charge < -0.3 is 19.3 Å². The highest BCUT2D eigenvalue weighted by atomic mass is 35.5. The van der Waals surface area contributed by atoms with Gasteiger partial charge in [-0.3, -0.25) is 4.57 Å². The third-order valence-corrected chi connectivity index (χ3v) is 7.92. The summed E-state index contributed by atoms with van der Waals surface area (Å²) in [7, 11) is -8.60. The van der Waals surface area contributed by atoms with Crippen molar-refractivity contribution in [3.8, 4) is 11.5 Å². The summed E-state index contributed by atoms with van der Waals surface area (Å²) in [5.74, 6) is 1.15. The summed E-state index contributed by atoms with van der Waals surface area (Å²) in [6, 6.07) is 10.5. The van der Waals surface area contributed by atoms with Gasteiger partial charge in [-0.15, -0.1) is 22.9 Å². The van der Waals surface area contributed by atoms with E-state index in [1.807, 2.05) is 39.9 Å². The Morgan fingerprint density at radius 1 is 1.06 bits per heavy atom. The number of sulfonamides is 1. The number of thiophene rings is 1. The smallest absolute Gasteiger partial charge is 0.340 e. The summed E-state index contributed by atoms with van der Waals surface area (Å²) in [6.45, 7) is 1.21. The molecule has 0 aliphatic heterocycles. The molecule has 2 heterocycles. The molecule has 3 rings (SSSR count). The quantitative estimate of drug-likeness (QED) is 0.206. The summed E-state index contributed by atoms with van der Waals surface area (Å²) in [5.41, 5.74) is 0. The lowest BCUT2D eigenvalue weighted by molar-refractivity contribution is -0.697. The van der Waals surface area contributed by atoms with E-state index in [-0.39, 0.29) is 16.7 Å². The first kappa shape index (κ1) is 23.9. The highest BCUT2D eigenvalue weighted by Crippen LogP contribution is 2.39. The molecule has 0 spiro atoms. The van der Waals surface area contributed by atoms with Crippen molar-refractivity contribution in [2.75, 3.05) is 25.4 Å². The van der Waals surface area contributed by atoms with Crippen LogP contribution in [-0.4, -0.2) is 43.6 Å². The zero-order chi connectivity index (χ0) is 22.5. The summed E-state index contributed by atoms with van der Waals surface area (Å²) in [6.07, 6.45) is 2.86. The van der Waals surface area contributed by atoms with Crippen LogP contribution in [0.15, 0.2) is 53.0 Å². The molecule has 0 aliphatic carbocycles. The van der Waals surface area contributed by atoms with Crippen LogP contribution in [0, 0.1) is 0 Å². The monoisotopic (exact) mass is 507 g/mol. The Morgan fingerprint density at radius 3 is 2.42 bits per heavy atom. The van der Waals surface area contributed by atoms with Crippen LogP contribution < -0.4 is 18.8 Å². The number of fused-ring (bicyclic) bond motifs is 1. The molecule has 3 N–H and O–H groups in total. The van der Waals surface area contributed by atoms with E-state index in [0.29, 0.717) is 34.7 Å². The lowest BCUT2D eigenvalue weighted by Crippen LogP contribution is -2.35. The standard InChI is InChI=1S/C18H20ClN2O7PS2/c19-4-8-27-16-12-17-14(10-15(16)28-9-7-21-5-2-1-3-6-21)11-18(30-17)31(25,26)20-13-29(22,23)24/h1-3,5-6,10-12,20H,4,7-9,13H2,(H-,22,23,24)/p+1. The zero-order valence-electron chi connectivity index (χ0n) is 16.2. The molecule has 168 valence electrons. The van der Waals surface area contributed by atoms with E-state index in [4.69, 9.17) is 30.9 Å². The van der Waals surface area contributed by atoms with Crippen molar-refractivity contribution in [3.63, 3.8) is 0 Å². The van der Waals surface area contributed by atoms with E-state index >= 15 is 0 Å². The number of alkyl halides is 1. The third-order valence-electron chi connectivity index (χ3n) is 4.00. The van der Waals surface area contributed by atoms with Gasteiger partial charge in [0, 0.05) is 22.9 Å². The maximum Gasteiger partial charge on any atom is 0.340 e. The molecule has 0 bridgehead atoms. The number of benzene rings is 1. The van der Waals surface area contributed by atoms with Gasteiger partial charge in [-0.1, -0.05) is 6.07 Å². The lowest BCUT2D eigenvalue weighted by atomic mass is 10.2. The molecule has 0 aliphatic rings. The van der Waals surface area contributed by atoms with E-state index in [1.54, 1.807) is 12.1 Å². The first-order valence-electron chi connectivity index (χ1n) is 9.05. The molecular weight excluding hydrogens is 487 g/mol. The van der Waals surface area contributed by atoms with Crippen LogP contribution in [0.1, 0.15) is 0 Å². The van der Waals surface area contributed by atoms with E-state index in [9.17, 15) is 13.0 Å². The molecular formula is C18H21ClN2O7PS2+. The molecule has 1 aromatic carbocycles. The van der Waals surface area contributed by atoms with Crippen LogP contribution in [0.2, 0.25) is 0 Å². The Morgan fingerprint density at radius 2 is 1.74 bits per heavy atom. The van der Waals surface area contributed by atoms with Crippen LogP contribution in [0.4, 0.5) is 0 Å². The van der Waals surface area contributed by atoms with Crippen molar-refractivity contribution >= 4 is 50.6 Å². The molecule has 0 amide bonds. The molecule has 3 aromatic rings. The number of nitrogens with zero attached hydrogens (tertiary/aromatic N) is 1. The van der Waals surface area contributed by atoms with Crippen LogP contribution in [0.5, 0.6) is 11.5 Å². The molecule has 13 heteroatoms. The van der Waals surface area contributed by atoms with E-state index in [1.165, 1.54) is 6.07 Å². The zero-order valence-corrected chi connectivity index (χ0v) is 19.5. The van der Waals surface area contributed by atoms with Crippen molar-refractivity contribution in [3.05, 3.63) is 48.8 Å². The number of pyridine rings is 1. The Hall–Kier alpha value is -1.72. The molecule has 31 heavy (non-hydrogen) atoms. The van der Waals surface area contributed by atoms with E-state index in [2.05, 4.69) is 0 Å². The van der Waals surface area contributed by atoms with Crippen molar-refractivity contribution in [2.45, 2.75) is 10.8 Å². The molecule has 2 aromatic heterocycles. The van der Waals surface area contributed by atoms with Crippen molar-refractivity contribution in [2.24, 2.45) is 0 Å². The van der Waals surface area contributed by atoms with Crippen molar-refractivity contribution in [1.29, 1.82) is 0 Å². The summed E-state index contributed by atoms with van der Waals surface area (Å²) < 4.78 is 51.8. The number of ether oxygens (including phenoxy) is 2. The first-order chi connectivity index (χ1) is 14.7. The third kappa shape index (κ3) is 6.88. The largest absolute Gasteiger partial charge is 0.488 e. The fourth-order valence-corrected chi connectivity index (χ4v) is 6.16. The van der Waals surface area contributed by atoms with Gasteiger partial charge in [-0.05, 0) is 17.5 Å². The Balaban J connectivity index is 1.84. The summed E-state index contributed by atoms with van der Waals surface area (Å²) in [4.78, 5) is 17.9. The molecule has 0 radical (unpaired) electrons. The van der Waals surface area contributed by atoms with Gasteiger partial charge in [-0.25, -0.2) is 13.0 Å². The highest BCUT2D eigenvalue weighted by Gasteiger charge is 2.23. The average molecular weight is 508 g/mol. The minimum absolute atomic E-state index is 0.0729. The molecule has 0 unspecified atom stereocenters. The first-order valence-corrected chi connectivity index (χ1v) is 13.7. The van der Waals surface area contributed by atoms with Crippen molar-refractivity contribution in [1.82, 2.24) is 4.72 Å². The van der Waals surface area contributed by atoms with Gasteiger partial charge in [0.1, 0.15) is 23.7 Å². The number of hydrogen-bond donors (Lipinski definition) is 3. The SMILES string of the molecule is O=P(O)(O)CNS(=O)(=O)c1cc2cc(OCC[n+]3ccccc3)c(OCCCl)cc2s1. The highest BCUT2D eigenvalue weighted by molar-refractivity contribution is 7.92. The number of nitrogens with one attached hydrogen (secondary N) is 1. The van der Waals surface area contributed by atoms with Crippen LogP contribution in [-0.2, 0) is 21.1 Å². The summed E-state index contributed by atoms with van der Waals surface area (Å²) >= 11 is 6.68.